The second-order valence-corrected chi connectivity index (χ2v) is 5.32. The molecule has 7 nitrogen and oxygen atoms in total. The Balaban J connectivity index is 2.12. The van der Waals surface area contributed by atoms with Crippen LogP contribution in [-0.2, 0) is 6.42 Å². The summed E-state index contributed by atoms with van der Waals surface area (Å²) >= 11 is 0. The van der Waals surface area contributed by atoms with Crippen LogP contribution in [0.15, 0.2) is 24.5 Å². The number of aromatic carboxylic acids is 1. The van der Waals surface area contributed by atoms with Gasteiger partial charge in [-0.1, -0.05) is 11.3 Å². The minimum absolute atomic E-state index is 0.0740. The third kappa shape index (κ3) is 1.78. The number of hydrogen-bond acceptors (Lipinski definition) is 4. The van der Waals surface area contributed by atoms with Crippen molar-refractivity contribution in [2.24, 2.45) is 0 Å². The summed E-state index contributed by atoms with van der Waals surface area (Å²) in [5.74, 6) is 1.43. The summed E-state index contributed by atoms with van der Waals surface area (Å²) in [6.07, 6.45) is 7.47. The van der Waals surface area contributed by atoms with Crippen LogP contribution < -0.4 is 0 Å². The number of carboxylic acids is 1. The Morgan fingerprint density at radius 2 is 2.17 bits per heavy atom. The predicted octanol–water partition coefficient (Wildman–Crippen LogP) is 1.35. The zero-order chi connectivity index (χ0) is 16.1. The number of aryl methyl sites for hydroxylation is 1. The first-order chi connectivity index (χ1) is 11.1. The van der Waals surface area contributed by atoms with Gasteiger partial charge in [-0.3, -0.25) is 4.57 Å². The summed E-state index contributed by atoms with van der Waals surface area (Å²) in [6, 6.07) is 5.84. The number of carbonyl (C=O) groups is 1. The number of benzene rings is 1. The Hall–Kier alpha value is -3.40. The average Bonchev–Trinajstić information content (AvgIpc) is 3.09. The zero-order valence-corrected chi connectivity index (χ0v) is 12.2. The van der Waals surface area contributed by atoms with E-state index >= 15 is 0 Å². The van der Waals surface area contributed by atoms with Crippen LogP contribution in [0, 0.1) is 19.3 Å². The van der Waals surface area contributed by atoms with Crippen molar-refractivity contribution in [1.82, 2.24) is 24.5 Å². The highest BCUT2D eigenvalue weighted by atomic mass is 16.4. The molecule has 0 bridgehead atoms. The van der Waals surface area contributed by atoms with Gasteiger partial charge in [-0.15, -0.1) is 11.5 Å². The molecule has 0 saturated carbocycles. The lowest BCUT2D eigenvalue weighted by Crippen LogP contribution is -2.07. The monoisotopic (exact) mass is 305 g/mol. The number of hydrogen-bond donors (Lipinski definition) is 1. The summed E-state index contributed by atoms with van der Waals surface area (Å²) in [6.45, 7) is 1.96. The van der Waals surface area contributed by atoms with Crippen LogP contribution in [0.3, 0.4) is 0 Å². The third-order valence-electron chi connectivity index (χ3n) is 3.92. The van der Waals surface area contributed by atoms with Gasteiger partial charge in [-0.25, -0.2) is 14.5 Å². The molecule has 0 amide bonds. The van der Waals surface area contributed by atoms with Gasteiger partial charge in [0, 0.05) is 6.42 Å². The number of fused-ring (bicyclic) bond motifs is 5. The van der Waals surface area contributed by atoms with E-state index < -0.39 is 5.97 Å². The largest absolute Gasteiger partial charge is 0.476 e. The summed E-state index contributed by atoms with van der Waals surface area (Å²) in [4.78, 5) is 15.7. The maximum absolute atomic E-state index is 11.5. The molecular weight excluding hydrogens is 294 g/mol. The molecule has 0 fully saturated rings. The van der Waals surface area contributed by atoms with Crippen molar-refractivity contribution in [1.29, 1.82) is 0 Å². The van der Waals surface area contributed by atoms with E-state index in [0.717, 1.165) is 22.6 Å². The van der Waals surface area contributed by atoms with Crippen molar-refractivity contribution in [2.75, 3.05) is 0 Å². The predicted molar refractivity (Wildman–Crippen MR) is 80.9 cm³/mol. The van der Waals surface area contributed by atoms with Crippen molar-refractivity contribution < 1.29 is 9.90 Å². The van der Waals surface area contributed by atoms with Crippen LogP contribution in [0.25, 0.3) is 11.4 Å². The fourth-order valence-electron chi connectivity index (χ4n) is 2.86. The molecule has 0 aliphatic carbocycles. The molecule has 1 N–H and O–H groups in total. The van der Waals surface area contributed by atoms with Gasteiger partial charge in [-0.2, -0.15) is 0 Å². The minimum atomic E-state index is -1.12. The van der Waals surface area contributed by atoms with E-state index in [4.69, 9.17) is 6.42 Å². The normalized spacial score (nSPS) is 11.8. The van der Waals surface area contributed by atoms with Crippen LogP contribution >= 0.6 is 0 Å². The number of rotatable bonds is 1. The Morgan fingerprint density at radius 3 is 2.91 bits per heavy atom. The highest BCUT2D eigenvalue weighted by Crippen LogP contribution is 2.30. The second-order valence-electron chi connectivity index (χ2n) is 5.32. The van der Waals surface area contributed by atoms with Gasteiger partial charge < -0.3 is 5.11 Å². The van der Waals surface area contributed by atoms with E-state index in [-0.39, 0.29) is 5.69 Å². The first-order valence-electron chi connectivity index (χ1n) is 6.92. The molecule has 0 saturated heterocycles. The van der Waals surface area contributed by atoms with E-state index in [1.807, 2.05) is 29.7 Å². The van der Waals surface area contributed by atoms with Gasteiger partial charge in [0.1, 0.15) is 12.0 Å². The quantitative estimate of drug-likeness (QED) is 0.536. The van der Waals surface area contributed by atoms with Crippen molar-refractivity contribution in [3.8, 4) is 23.7 Å². The van der Waals surface area contributed by atoms with Crippen LogP contribution in [0.4, 0.5) is 0 Å². The number of nitrogens with zero attached hydrogens (tertiary/aromatic N) is 5. The van der Waals surface area contributed by atoms with Crippen molar-refractivity contribution in [3.05, 3.63) is 52.9 Å². The summed E-state index contributed by atoms with van der Waals surface area (Å²) in [5, 5.41) is 17.2. The zero-order valence-electron chi connectivity index (χ0n) is 12.2. The van der Waals surface area contributed by atoms with E-state index in [0.29, 0.717) is 17.8 Å². The maximum Gasteiger partial charge on any atom is 0.358 e. The number of terminal acetylenes is 1. The molecule has 3 heterocycles. The van der Waals surface area contributed by atoms with Crippen LogP contribution in [-0.4, -0.2) is 35.6 Å². The third-order valence-corrected chi connectivity index (χ3v) is 3.92. The number of aromatic nitrogens is 5. The Bertz CT molecular complexity index is 1010. The van der Waals surface area contributed by atoms with Crippen LogP contribution in [0.2, 0.25) is 0 Å². The Morgan fingerprint density at radius 1 is 1.35 bits per heavy atom. The van der Waals surface area contributed by atoms with Gasteiger partial charge in [0.25, 0.3) is 0 Å². The molecule has 0 spiro atoms. The molecule has 1 aliphatic heterocycles. The highest BCUT2D eigenvalue weighted by molar-refractivity contribution is 5.87. The molecule has 7 heteroatoms. The second kappa shape index (κ2) is 4.55. The number of carboxylic acid groups (broad SMARTS) is 1. The van der Waals surface area contributed by atoms with E-state index in [2.05, 4.69) is 21.2 Å². The van der Waals surface area contributed by atoms with Crippen molar-refractivity contribution in [3.63, 3.8) is 0 Å². The highest BCUT2D eigenvalue weighted by Gasteiger charge is 2.28. The first kappa shape index (κ1) is 13.3. The maximum atomic E-state index is 11.5. The lowest BCUT2D eigenvalue weighted by Gasteiger charge is -2.10. The molecule has 2 aromatic heterocycles. The fraction of sp³-hybridized carbons (Fsp3) is 0.125. The molecule has 0 unspecified atom stereocenters. The average molecular weight is 305 g/mol. The first-order valence-corrected chi connectivity index (χ1v) is 6.92. The minimum Gasteiger partial charge on any atom is -0.476 e. The van der Waals surface area contributed by atoms with Gasteiger partial charge in [-0.05, 0) is 30.5 Å². The fourth-order valence-corrected chi connectivity index (χ4v) is 2.86. The number of imidazole rings is 1. The summed E-state index contributed by atoms with van der Waals surface area (Å²) < 4.78 is 3.45. The smallest absolute Gasteiger partial charge is 0.358 e. The van der Waals surface area contributed by atoms with Gasteiger partial charge in [0.15, 0.2) is 5.69 Å². The molecule has 3 aromatic rings. The van der Waals surface area contributed by atoms with Crippen LogP contribution in [0.5, 0.6) is 0 Å². The van der Waals surface area contributed by atoms with Gasteiger partial charge in [0.05, 0.1) is 22.8 Å². The lowest BCUT2D eigenvalue weighted by molar-refractivity contribution is 0.0689. The van der Waals surface area contributed by atoms with Crippen molar-refractivity contribution in [2.45, 2.75) is 13.3 Å². The van der Waals surface area contributed by atoms with Gasteiger partial charge >= 0.3 is 5.97 Å². The Kier molecular flexibility index (Phi) is 2.62. The molecule has 0 radical (unpaired) electrons. The van der Waals surface area contributed by atoms with Gasteiger partial charge in [0.2, 0.25) is 0 Å². The standard InChI is InChI=1S/C16H11N5O2/c1-3-10-12-7-14-15(16(22)23)18-19-21(14)13-6-9(2)4-5-11(13)20(12)8-17-10/h1,4-6,8H,7H2,2H3,(H,22,23). The lowest BCUT2D eigenvalue weighted by atomic mass is 10.1. The summed E-state index contributed by atoms with van der Waals surface area (Å²) in [5.41, 5.74) is 4.27. The van der Waals surface area contributed by atoms with Crippen LogP contribution in [0.1, 0.15) is 33.1 Å². The van der Waals surface area contributed by atoms with E-state index in [1.54, 1.807) is 11.0 Å². The van der Waals surface area contributed by atoms with E-state index in [9.17, 15) is 9.90 Å². The molecule has 23 heavy (non-hydrogen) atoms. The molecule has 112 valence electrons. The molecule has 0 atom stereocenters. The van der Waals surface area contributed by atoms with Crippen molar-refractivity contribution >= 4 is 5.97 Å². The SMILES string of the molecule is C#Cc1ncn2c1Cc1c(C(=O)O)nnn1-c1cc(C)ccc1-2. The topological polar surface area (TPSA) is 85.8 Å². The molecular formula is C16H11N5O2. The molecule has 1 aromatic carbocycles. The Labute approximate surface area is 131 Å². The summed E-state index contributed by atoms with van der Waals surface area (Å²) in [7, 11) is 0. The molecule has 4 rings (SSSR count). The molecule has 1 aliphatic rings. The van der Waals surface area contributed by atoms with E-state index in [1.165, 1.54) is 0 Å².